The van der Waals surface area contributed by atoms with Crippen molar-refractivity contribution >= 4 is 5.96 Å². The minimum absolute atomic E-state index is 0.641. The molecule has 0 spiro atoms. The number of nitrogens with zero attached hydrogens (tertiary/aromatic N) is 3. The number of hydrogen-bond acceptors (Lipinski definition) is 3. The fourth-order valence-corrected chi connectivity index (χ4v) is 1.77. The van der Waals surface area contributed by atoms with Crippen LogP contribution in [-0.2, 0) is 13.1 Å². The molecule has 0 aromatic carbocycles. The van der Waals surface area contributed by atoms with Crippen molar-refractivity contribution in [1.29, 1.82) is 0 Å². The molecule has 2 aromatic rings. The van der Waals surface area contributed by atoms with Crippen LogP contribution < -0.4 is 10.6 Å². The summed E-state index contributed by atoms with van der Waals surface area (Å²) in [5.41, 5.74) is 3.16. The van der Waals surface area contributed by atoms with E-state index in [1.807, 2.05) is 37.3 Å². The molecule has 20 heavy (non-hydrogen) atoms. The Hall–Kier alpha value is -2.43. The summed E-state index contributed by atoms with van der Waals surface area (Å²) >= 11 is 0. The quantitative estimate of drug-likeness (QED) is 0.654. The van der Waals surface area contributed by atoms with Gasteiger partial charge in [0.05, 0.1) is 24.5 Å². The highest BCUT2D eigenvalue weighted by Gasteiger charge is 2.02. The lowest BCUT2D eigenvalue weighted by Crippen LogP contribution is -2.36. The topological polar surface area (TPSA) is 62.2 Å². The second-order valence-electron chi connectivity index (χ2n) is 4.37. The zero-order valence-corrected chi connectivity index (χ0v) is 11.8. The number of nitrogens with one attached hydrogen (secondary N) is 2. The Morgan fingerprint density at radius 2 is 1.85 bits per heavy atom. The summed E-state index contributed by atoms with van der Waals surface area (Å²) in [6.07, 6.45) is 3.58. The van der Waals surface area contributed by atoms with Gasteiger partial charge >= 0.3 is 0 Å². The van der Waals surface area contributed by atoms with E-state index in [1.54, 1.807) is 19.4 Å². The largest absolute Gasteiger partial charge is 0.351 e. The van der Waals surface area contributed by atoms with Gasteiger partial charge in [-0.05, 0) is 30.7 Å². The van der Waals surface area contributed by atoms with Gasteiger partial charge in [-0.15, -0.1) is 0 Å². The lowest BCUT2D eigenvalue weighted by atomic mass is 10.2. The van der Waals surface area contributed by atoms with Crippen LogP contribution in [0, 0.1) is 6.92 Å². The smallest absolute Gasteiger partial charge is 0.191 e. The van der Waals surface area contributed by atoms with Gasteiger partial charge in [-0.2, -0.15) is 0 Å². The van der Waals surface area contributed by atoms with Gasteiger partial charge in [0.2, 0.25) is 0 Å². The Kier molecular flexibility index (Phi) is 5.06. The van der Waals surface area contributed by atoms with Crippen molar-refractivity contribution in [2.24, 2.45) is 4.99 Å². The summed E-state index contributed by atoms with van der Waals surface area (Å²) in [7, 11) is 1.75. The van der Waals surface area contributed by atoms with Crippen molar-refractivity contribution in [2.45, 2.75) is 20.0 Å². The average molecular weight is 269 g/mol. The Morgan fingerprint density at radius 1 is 1.05 bits per heavy atom. The van der Waals surface area contributed by atoms with Gasteiger partial charge in [0, 0.05) is 19.4 Å². The highest BCUT2D eigenvalue weighted by atomic mass is 15.2. The molecule has 0 aliphatic carbocycles. The molecule has 2 N–H and O–H groups in total. The highest BCUT2D eigenvalue weighted by Crippen LogP contribution is 2.02. The standard InChI is InChI=1S/C15H19N5/c1-12-6-5-9-18-14(12)11-20-15(16-2)19-10-13-7-3-4-8-17-13/h3-9H,10-11H2,1-2H3,(H2,16,19,20). The second kappa shape index (κ2) is 7.23. The van der Waals surface area contributed by atoms with Crippen molar-refractivity contribution in [3.05, 3.63) is 59.7 Å². The minimum atomic E-state index is 0.641. The molecule has 0 aliphatic heterocycles. The first-order valence-corrected chi connectivity index (χ1v) is 6.54. The van der Waals surface area contributed by atoms with Crippen molar-refractivity contribution in [3.8, 4) is 0 Å². The fraction of sp³-hybridized carbons (Fsp3) is 0.267. The molecular weight excluding hydrogens is 250 g/mol. The van der Waals surface area contributed by atoms with E-state index in [0.29, 0.717) is 13.1 Å². The molecule has 2 aromatic heterocycles. The molecule has 104 valence electrons. The lowest BCUT2D eigenvalue weighted by Gasteiger charge is -2.12. The third kappa shape index (κ3) is 4.05. The molecule has 5 nitrogen and oxygen atoms in total. The Bertz CT molecular complexity index is 565. The van der Waals surface area contributed by atoms with Crippen LogP contribution in [0.5, 0.6) is 0 Å². The summed E-state index contributed by atoms with van der Waals surface area (Å²) in [5, 5.41) is 6.47. The molecule has 0 aliphatic rings. The van der Waals surface area contributed by atoms with Gasteiger partial charge in [-0.25, -0.2) is 0 Å². The third-order valence-corrected chi connectivity index (χ3v) is 2.93. The van der Waals surface area contributed by atoms with E-state index in [0.717, 1.165) is 17.3 Å². The van der Waals surface area contributed by atoms with Crippen LogP contribution in [0.25, 0.3) is 0 Å². The maximum absolute atomic E-state index is 4.35. The van der Waals surface area contributed by atoms with Gasteiger partial charge in [-0.1, -0.05) is 12.1 Å². The summed E-state index contributed by atoms with van der Waals surface area (Å²) in [4.78, 5) is 12.8. The molecule has 0 radical (unpaired) electrons. The van der Waals surface area contributed by atoms with Gasteiger partial charge in [0.25, 0.3) is 0 Å². The molecule has 0 fully saturated rings. The van der Waals surface area contributed by atoms with E-state index in [4.69, 9.17) is 0 Å². The molecule has 0 bridgehead atoms. The Labute approximate surface area is 119 Å². The third-order valence-electron chi connectivity index (χ3n) is 2.93. The molecule has 2 heterocycles. The molecule has 0 amide bonds. The number of aliphatic imine (C=N–C) groups is 1. The number of pyridine rings is 2. The highest BCUT2D eigenvalue weighted by molar-refractivity contribution is 5.79. The first-order valence-electron chi connectivity index (χ1n) is 6.54. The van der Waals surface area contributed by atoms with Gasteiger partial charge in [-0.3, -0.25) is 15.0 Å². The van der Waals surface area contributed by atoms with Gasteiger partial charge in [0.15, 0.2) is 5.96 Å². The Morgan fingerprint density at radius 3 is 2.55 bits per heavy atom. The maximum Gasteiger partial charge on any atom is 0.191 e. The monoisotopic (exact) mass is 269 g/mol. The first-order chi connectivity index (χ1) is 9.79. The van der Waals surface area contributed by atoms with Crippen LogP contribution >= 0.6 is 0 Å². The summed E-state index contributed by atoms with van der Waals surface area (Å²) < 4.78 is 0. The predicted octanol–water partition coefficient (Wildman–Crippen LogP) is 1.65. The molecule has 0 atom stereocenters. The van der Waals surface area contributed by atoms with E-state index < -0.39 is 0 Å². The van der Waals surface area contributed by atoms with E-state index >= 15 is 0 Å². The van der Waals surface area contributed by atoms with Crippen LogP contribution in [0.1, 0.15) is 17.0 Å². The maximum atomic E-state index is 4.35. The Balaban J connectivity index is 1.86. The van der Waals surface area contributed by atoms with Gasteiger partial charge < -0.3 is 10.6 Å². The van der Waals surface area contributed by atoms with Crippen molar-refractivity contribution in [2.75, 3.05) is 7.05 Å². The average Bonchev–Trinajstić information content (AvgIpc) is 2.50. The van der Waals surface area contributed by atoms with Crippen LogP contribution in [-0.4, -0.2) is 23.0 Å². The molecule has 0 unspecified atom stereocenters. The zero-order valence-electron chi connectivity index (χ0n) is 11.8. The van der Waals surface area contributed by atoms with Crippen LogP contribution in [0.15, 0.2) is 47.7 Å². The van der Waals surface area contributed by atoms with E-state index in [2.05, 4.69) is 25.6 Å². The first kappa shape index (κ1) is 14.0. The van der Waals surface area contributed by atoms with E-state index in [-0.39, 0.29) is 0 Å². The zero-order chi connectivity index (χ0) is 14.2. The number of hydrogen-bond donors (Lipinski definition) is 2. The van der Waals surface area contributed by atoms with Crippen LogP contribution in [0.4, 0.5) is 0 Å². The van der Waals surface area contributed by atoms with Crippen molar-refractivity contribution in [3.63, 3.8) is 0 Å². The number of aromatic nitrogens is 2. The predicted molar refractivity (Wildman–Crippen MR) is 80.2 cm³/mol. The molecule has 2 rings (SSSR count). The van der Waals surface area contributed by atoms with E-state index in [1.165, 1.54) is 5.56 Å². The van der Waals surface area contributed by atoms with Crippen LogP contribution in [0.2, 0.25) is 0 Å². The molecule has 0 saturated heterocycles. The SMILES string of the molecule is CN=C(NCc1ccccn1)NCc1ncccc1C. The normalized spacial score (nSPS) is 11.2. The molecular formula is C15H19N5. The number of rotatable bonds is 4. The summed E-state index contributed by atoms with van der Waals surface area (Å²) in [6.45, 7) is 3.34. The summed E-state index contributed by atoms with van der Waals surface area (Å²) in [6, 6.07) is 9.84. The minimum Gasteiger partial charge on any atom is -0.351 e. The molecule has 5 heteroatoms. The molecule has 0 saturated carbocycles. The van der Waals surface area contributed by atoms with Crippen molar-refractivity contribution in [1.82, 2.24) is 20.6 Å². The number of aryl methyl sites for hydroxylation is 1. The van der Waals surface area contributed by atoms with E-state index in [9.17, 15) is 0 Å². The summed E-state index contributed by atoms with van der Waals surface area (Å²) in [5.74, 6) is 0.737. The second-order valence-corrected chi connectivity index (χ2v) is 4.37. The number of guanidine groups is 1. The fourth-order valence-electron chi connectivity index (χ4n) is 1.77. The van der Waals surface area contributed by atoms with Gasteiger partial charge in [0.1, 0.15) is 0 Å². The van der Waals surface area contributed by atoms with Crippen LogP contribution in [0.3, 0.4) is 0 Å². The van der Waals surface area contributed by atoms with Crippen molar-refractivity contribution < 1.29 is 0 Å². The lowest BCUT2D eigenvalue weighted by molar-refractivity contribution is 0.779.